The fourth-order valence-corrected chi connectivity index (χ4v) is 7.21. The summed E-state index contributed by atoms with van der Waals surface area (Å²) in [6.45, 7) is 7.39. The molecule has 2 aliphatic carbocycles. The van der Waals surface area contributed by atoms with E-state index in [-0.39, 0.29) is 23.6 Å². The van der Waals surface area contributed by atoms with Gasteiger partial charge in [-0.1, -0.05) is 23.2 Å². The third-order valence-corrected chi connectivity index (χ3v) is 9.97. The largest absolute Gasteiger partial charge is 0.296 e. The van der Waals surface area contributed by atoms with Crippen molar-refractivity contribution in [2.45, 2.75) is 69.3 Å². The molecule has 1 heterocycles. The average Bonchev–Trinajstić information content (AvgIpc) is 3.71. The molecule has 3 fully saturated rings. The van der Waals surface area contributed by atoms with E-state index in [4.69, 9.17) is 23.2 Å². The summed E-state index contributed by atoms with van der Waals surface area (Å²) in [6.07, 6.45) is 3.05. The highest BCUT2D eigenvalue weighted by Crippen LogP contribution is 2.43. The van der Waals surface area contributed by atoms with Crippen LogP contribution in [0, 0.1) is 5.82 Å². The quantitative estimate of drug-likeness (QED) is 0.456. The Labute approximate surface area is 228 Å². The zero-order valence-corrected chi connectivity index (χ0v) is 23.3. The molecule has 0 bridgehead atoms. The normalized spacial score (nSPS) is 22.1. The fourth-order valence-electron chi connectivity index (χ4n) is 5.38. The number of halogens is 3. The minimum absolute atomic E-state index is 0.150. The second-order valence-corrected chi connectivity index (χ2v) is 13.5. The van der Waals surface area contributed by atoms with Gasteiger partial charge in [-0.15, -0.1) is 0 Å². The first-order chi connectivity index (χ1) is 17.5. The third kappa shape index (κ3) is 6.14. The molecule has 6 nitrogen and oxygen atoms in total. The number of hydrogen-bond donors (Lipinski definition) is 1. The molecule has 1 N–H and O–H groups in total. The second-order valence-electron chi connectivity index (χ2n) is 10.7. The molecule has 0 unspecified atom stereocenters. The molecule has 1 saturated heterocycles. The van der Waals surface area contributed by atoms with Crippen molar-refractivity contribution in [3.05, 3.63) is 68.4 Å². The van der Waals surface area contributed by atoms with Crippen LogP contribution < -0.4 is 4.72 Å². The van der Waals surface area contributed by atoms with Gasteiger partial charge in [-0.25, -0.2) is 17.5 Å². The smallest absolute Gasteiger partial charge is 0.267 e. The molecule has 0 aromatic heterocycles. The summed E-state index contributed by atoms with van der Waals surface area (Å²) >= 11 is 12.4. The van der Waals surface area contributed by atoms with Crippen molar-refractivity contribution in [2.24, 2.45) is 0 Å². The van der Waals surface area contributed by atoms with Crippen LogP contribution in [0.1, 0.15) is 78.5 Å². The van der Waals surface area contributed by atoms with Crippen LogP contribution in [0.2, 0.25) is 10.0 Å². The lowest BCUT2D eigenvalue weighted by Crippen LogP contribution is -2.52. The van der Waals surface area contributed by atoms with Gasteiger partial charge in [0, 0.05) is 48.3 Å². The molecule has 0 spiro atoms. The number of hydrogen-bond acceptors (Lipinski definition) is 5. The lowest BCUT2D eigenvalue weighted by molar-refractivity contribution is 0.0503. The van der Waals surface area contributed by atoms with E-state index >= 15 is 4.39 Å². The Morgan fingerprint density at radius 1 is 1.08 bits per heavy atom. The van der Waals surface area contributed by atoms with Gasteiger partial charge in [0.05, 0.1) is 10.8 Å². The number of benzene rings is 2. The number of sulfonamides is 1. The van der Waals surface area contributed by atoms with Gasteiger partial charge in [-0.2, -0.15) is 0 Å². The predicted octanol–water partition coefficient (Wildman–Crippen LogP) is 5.50. The van der Waals surface area contributed by atoms with E-state index in [0.717, 1.165) is 49.2 Å². The van der Waals surface area contributed by atoms with Gasteiger partial charge >= 0.3 is 0 Å². The van der Waals surface area contributed by atoms with E-state index in [1.54, 1.807) is 12.1 Å². The Bertz CT molecular complexity index is 1290. The van der Waals surface area contributed by atoms with Gasteiger partial charge in [-0.3, -0.25) is 14.6 Å². The van der Waals surface area contributed by atoms with Crippen molar-refractivity contribution < 1.29 is 17.6 Å². The first kappa shape index (κ1) is 26.9. The van der Waals surface area contributed by atoms with Crippen molar-refractivity contribution in [1.82, 2.24) is 14.5 Å². The van der Waals surface area contributed by atoms with E-state index in [1.165, 1.54) is 6.07 Å². The summed E-state index contributed by atoms with van der Waals surface area (Å²) in [4.78, 5) is 17.4. The van der Waals surface area contributed by atoms with Crippen LogP contribution in [-0.2, 0) is 16.6 Å². The molecule has 37 heavy (non-hydrogen) atoms. The van der Waals surface area contributed by atoms with Crippen LogP contribution in [0.25, 0.3) is 0 Å². The van der Waals surface area contributed by atoms with Crippen LogP contribution in [-0.4, -0.2) is 55.1 Å². The average molecular weight is 569 g/mol. The van der Waals surface area contributed by atoms with E-state index in [1.807, 2.05) is 12.1 Å². The number of nitrogens with zero attached hydrogens (tertiary/aromatic N) is 2. The third-order valence-electron chi connectivity index (χ3n) is 7.71. The van der Waals surface area contributed by atoms with Gasteiger partial charge in [0.15, 0.2) is 0 Å². The molecule has 5 rings (SSSR count). The highest BCUT2D eigenvalue weighted by Gasteiger charge is 2.38. The first-order valence-electron chi connectivity index (χ1n) is 12.8. The molecule has 200 valence electrons. The number of nitrogens with one attached hydrogen (secondary N) is 1. The monoisotopic (exact) mass is 567 g/mol. The number of amides is 1. The lowest BCUT2D eigenvalue weighted by atomic mass is 9.97. The Balaban J connectivity index is 1.29. The van der Waals surface area contributed by atoms with Gasteiger partial charge in [-0.05, 0) is 92.5 Å². The van der Waals surface area contributed by atoms with E-state index in [9.17, 15) is 13.2 Å². The molecule has 3 aliphatic rings. The summed E-state index contributed by atoms with van der Waals surface area (Å²) in [6, 6.07) is 9.05. The highest BCUT2D eigenvalue weighted by atomic mass is 35.5. The van der Waals surface area contributed by atoms with Crippen molar-refractivity contribution in [1.29, 1.82) is 0 Å². The standard InChI is InChI=1S/C27H32Cl2FN3O3S/c1-16-14-32(7-8-33(16)17(2)19-9-21(28)12-22(29)10-19)15-20-11-26(30)25(13-24(20)18-3-4-18)27(34)31-37(35,36)23-5-6-23/h9-13,16-18,23H,3-8,14-15H2,1-2H3,(H,31,34)/t16-,17-/m0/s1. The summed E-state index contributed by atoms with van der Waals surface area (Å²) in [7, 11) is -3.74. The van der Waals surface area contributed by atoms with Crippen LogP contribution in [0.5, 0.6) is 0 Å². The number of rotatable bonds is 8. The van der Waals surface area contributed by atoms with Crippen molar-refractivity contribution in [2.75, 3.05) is 19.6 Å². The van der Waals surface area contributed by atoms with Crippen molar-refractivity contribution in [3.8, 4) is 0 Å². The minimum atomic E-state index is -3.74. The van der Waals surface area contributed by atoms with E-state index < -0.39 is 27.0 Å². The molecule has 1 amide bonds. The zero-order valence-electron chi connectivity index (χ0n) is 21.0. The minimum Gasteiger partial charge on any atom is -0.296 e. The van der Waals surface area contributed by atoms with Gasteiger partial charge < -0.3 is 0 Å². The van der Waals surface area contributed by atoms with Crippen LogP contribution in [0.15, 0.2) is 30.3 Å². The van der Waals surface area contributed by atoms with Crippen molar-refractivity contribution in [3.63, 3.8) is 0 Å². The van der Waals surface area contributed by atoms with Crippen LogP contribution in [0.4, 0.5) is 4.39 Å². The number of carbonyl (C=O) groups is 1. The Hall–Kier alpha value is -1.71. The first-order valence-corrected chi connectivity index (χ1v) is 15.1. The summed E-state index contributed by atoms with van der Waals surface area (Å²) < 4.78 is 41.6. The van der Waals surface area contributed by atoms with E-state index in [2.05, 4.69) is 28.4 Å². The molecule has 2 aromatic rings. The molecule has 2 atom stereocenters. The fraction of sp³-hybridized carbons (Fsp3) is 0.519. The predicted molar refractivity (Wildman–Crippen MR) is 144 cm³/mol. The number of piperazine rings is 1. The summed E-state index contributed by atoms with van der Waals surface area (Å²) in [5.41, 5.74) is 2.71. The summed E-state index contributed by atoms with van der Waals surface area (Å²) in [5.74, 6) is -1.27. The highest BCUT2D eigenvalue weighted by molar-refractivity contribution is 7.91. The topological polar surface area (TPSA) is 69.7 Å². The van der Waals surface area contributed by atoms with Crippen LogP contribution in [0.3, 0.4) is 0 Å². The Morgan fingerprint density at radius 2 is 1.76 bits per heavy atom. The molecular formula is C27H32Cl2FN3O3S. The molecule has 0 radical (unpaired) electrons. The zero-order chi connectivity index (χ0) is 26.5. The maximum Gasteiger partial charge on any atom is 0.267 e. The maximum atomic E-state index is 15.1. The number of carbonyl (C=O) groups excluding carboxylic acids is 1. The SMILES string of the molecule is C[C@H]1CN(Cc2cc(F)c(C(=O)NS(=O)(=O)C3CC3)cc2C2CC2)CCN1[C@@H](C)c1cc(Cl)cc(Cl)c1. The molecule has 10 heteroatoms. The van der Waals surface area contributed by atoms with Gasteiger partial charge in [0.2, 0.25) is 10.0 Å². The summed E-state index contributed by atoms with van der Waals surface area (Å²) in [5, 5.41) is 0.705. The Morgan fingerprint density at radius 3 is 2.35 bits per heavy atom. The molecule has 1 aliphatic heterocycles. The molecule has 2 aromatic carbocycles. The molecular weight excluding hydrogens is 536 g/mol. The lowest BCUT2D eigenvalue weighted by Gasteiger charge is -2.43. The second kappa shape index (κ2) is 10.5. The maximum absolute atomic E-state index is 15.1. The van der Waals surface area contributed by atoms with Gasteiger partial charge in [0.1, 0.15) is 5.82 Å². The van der Waals surface area contributed by atoms with Crippen LogP contribution >= 0.6 is 23.2 Å². The van der Waals surface area contributed by atoms with Crippen molar-refractivity contribution >= 4 is 39.1 Å². The van der Waals surface area contributed by atoms with Gasteiger partial charge in [0.25, 0.3) is 5.91 Å². The molecule has 2 saturated carbocycles. The Kier molecular flexibility index (Phi) is 7.59. The van der Waals surface area contributed by atoms with E-state index in [0.29, 0.717) is 29.4 Å².